The molecular weight excluding hydrogens is 236 g/mol. The molecule has 1 aromatic carbocycles. The highest BCUT2D eigenvalue weighted by Crippen LogP contribution is 2.37. The van der Waals surface area contributed by atoms with E-state index in [4.69, 9.17) is 10.5 Å². The third-order valence-electron chi connectivity index (χ3n) is 3.80. The van der Waals surface area contributed by atoms with E-state index in [1.165, 1.54) is 16.7 Å². The topological polar surface area (TPSA) is 38.5 Å². The van der Waals surface area contributed by atoms with Crippen molar-refractivity contribution >= 4 is 0 Å². The molecule has 0 aromatic heterocycles. The van der Waals surface area contributed by atoms with Gasteiger partial charge in [-0.3, -0.25) is 0 Å². The second kappa shape index (κ2) is 6.92. The molecule has 0 aliphatic rings. The zero-order chi connectivity index (χ0) is 14.6. The molecule has 108 valence electrons. The maximum absolute atomic E-state index is 5.96. The van der Waals surface area contributed by atoms with Gasteiger partial charge in [0.25, 0.3) is 0 Å². The Bertz CT molecular complexity index is 411. The first-order valence-electron chi connectivity index (χ1n) is 6.97. The average Bonchev–Trinajstić information content (AvgIpc) is 2.34. The number of methoxy groups -OCH3 is 1. The van der Waals surface area contributed by atoms with Crippen molar-refractivity contribution in [3.05, 3.63) is 28.8 Å². The van der Waals surface area contributed by atoms with E-state index in [2.05, 4.69) is 51.9 Å². The predicted octanol–water partition coefficient (Wildman–Crippen LogP) is 2.90. The Labute approximate surface area is 117 Å². The molecule has 0 amide bonds. The Morgan fingerprint density at radius 3 is 2.32 bits per heavy atom. The van der Waals surface area contributed by atoms with Crippen LogP contribution in [0.4, 0.5) is 0 Å². The van der Waals surface area contributed by atoms with E-state index in [1.807, 2.05) is 0 Å². The van der Waals surface area contributed by atoms with Gasteiger partial charge in [0.2, 0.25) is 0 Å². The molecule has 0 aliphatic heterocycles. The fourth-order valence-electron chi connectivity index (χ4n) is 2.96. The first-order chi connectivity index (χ1) is 8.96. The predicted molar refractivity (Wildman–Crippen MR) is 81.7 cm³/mol. The number of nitrogens with two attached hydrogens (primary N) is 1. The quantitative estimate of drug-likeness (QED) is 0.858. The van der Waals surface area contributed by atoms with Gasteiger partial charge >= 0.3 is 0 Å². The van der Waals surface area contributed by atoms with E-state index >= 15 is 0 Å². The maximum Gasteiger partial charge on any atom is 0.126 e. The zero-order valence-corrected chi connectivity index (χ0v) is 13.2. The van der Waals surface area contributed by atoms with E-state index in [-0.39, 0.29) is 0 Å². The molecule has 0 bridgehead atoms. The lowest BCUT2D eigenvalue weighted by Gasteiger charge is -2.33. The number of ether oxygens (including phenoxy) is 1. The van der Waals surface area contributed by atoms with E-state index in [1.54, 1.807) is 7.11 Å². The van der Waals surface area contributed by atoms with Gasteiger partial charge in [0.1, 0.15) is 5.75 Å². The molecule has 1 aromatic rings. The Morgan fingerprint density at radius 1 is 1.26 bits per heavy atom. The summed E-state index contributed by atoms with van der Waals surface area (Å²) in [6.45, 7) is 7.12. The molecule has 0 saturated heterocycles. The molecule has 2 atom stereocenters. The number of aryl methyl sites for hydroxylation is 2. The third-order valence-corrected chi connectivity index (χ3v) is 3.80. The fourth-order valence-corrected chi connectivity index (χ4v) is 2.96. The lowest BCUT2D eigenvalue weighted by atomic mass is 9.87. The number of rotatable bonds is 6. The monoisotopic (exact) mass is 264 g/mol. The first-order valence-corrected chi connectivity index (χ1v) is 6.97. The van der Waals surface area contributed by atoms with E-state index in [9.17, 15) is 0 Å². The number of nitrogens with zero attached hydrogens (tertiary/aromatic N) is 1. The summed E-state index contributed by atoms with van der Waals surface area (Å²) in [5.74, 6) is 1.43. The molecule has 3 nitrogen and oxygen atoms in total. The lowest BCUT2D eigenvalue weighted by Crippen LogP contribution is -2.32. The SMILES string of the molecule is CCC(CN)C(c1cc(C)cc(C)c1OC)N(C)C. The van der Waals surface area contributed by atoms with Crippen LogP contribution in [-0.4, -0.2) is 32.6 Å². The van der Waals surface area contributed by atoms with Crippen molar-refractivity contribution < 1.29 is 4.74 Å². The summed E-state index contributed by atoms with van der Waals surface area (Å²) in [5, 5.41) is 0. The van der Waals surface area contributed by atoms with Crippen molar-refractivity contribution in [2.75, 3.05) is 27.7 Å². The molecule has 0 aliphatic carbocycles. The lowest BCUT2D eigenvalue weighted by molar-refractivity contribution is 0.205. The van der Waals surface area contributed by atoms with Crippen LogP contribution in [0, 0.1) is 19.8 Å². The van der Waals surface area contributed by atoms with Gasteiger partial charge in [0.05, 0.1) is 7.11 Å². The van der Waals surface area contributed by atoms with Crippen LogP contribution in [-0.2, 0) is 0 Å². The maximum atomic E-state index is 5.96. The van der Waals surface area contributed by atoms with Gasteiger partial charge < -0.3 is 15.4 Å². The largest absolute Gasteiger partial charge is 0.496 e. The van der Waals surface area contributed by atoms with Crippen molar-refractivity contribution in [3.63, 3.8) is 0 Å². The summed E-state index contributed by atoms with van der Waals surface area (Å²) in [5.41, 5.74) is 9.67. The normalized spacial score (nSPS) is 14.5. The molecule has 2 N–H and O–H groups in total. The number of hydrogen-bond acceptors (Lipinski definition) is 3. The van der Waals surface area contributed by atoms with E-state index in [0.717, 1.165) is 12.2 Å². The standard InChI is InChI=1S/C16H28N2O/c1-7-13(10-17)15(18(4)5)14-9-11(2)8-12(3)16(14)19-6/h8-9,13,15H,7,10,17H2,1-6H3. The third kappa shape index (κ3) is 3.48. The molecule has 3 heteroatoms. The van der Waals surface area contributed by atoms with E-state index in [0.29, 0.717) is 18.5 Å². The molecular formula is C16H28N2O. The average molecular weight is 264 g/mol. The Kier molecular flexibility index (Phi) is 5.83. The highest BCUT2D eigenvalue weighted by atomic mass is 16.5. The smallest absolute Gasteiger partial charge is 0.126 e. The van der Waals surface area contributed by atoms with Gasteiger partial charge in [0.15, 0.2) is 0 Å². The second-order valence-corrected chi connectivity index (χ2v) is 5.52. The van der Waals surface area contributed by atoms with Crippen molar-refractivity contribution in [2.45, 2.75) is 33.2 Å². The molecule has 1 rings (SSSR count). The van der Waals surface area contributed by atoms with Crippen molar-refractivity contribution in [1.29, 1.82) is 0 Å². The number of hydrogen-bond donors (Lipinski definition) is 1. The van der Waals surface area contributed by atoms with Crippen molar-refractivity contribution in [3.8, 4) is 5.75 Å². The molecule has 0 radical (unpaired) electrons. The summed E-state index contributed by atoms with van der Waals surface area (Å²) in [6.07, 6.45) is 1.06. The Balaban J connectivity index is 3.37. The van der Waals surface area contributed by atoms with Gasteiger partial charge in [0, 0.05) is 11.6 Å². The van der Waals surface area contributed by atoms with E-state index < -0.39 is 0 Å². The summed E-state index contributed by atoms with van der Waals surface area (Å²) in [6, 6.07) is 4.69. The summed E-state index contributed by atoms with van der Waals surface area (Å²) in [7, 11) is 5.97. The van der Waals surface area contributed by atoms with Crippen LogP contribution < -0.4 is 10.5 Å². The summed E-state index contributed by atoms with van der Waals surface area (Å²) in [4.78, 5) is 2.25. The van der Waals surface area contributed by atoms with Crippen LogP contribution in [0.25, 0.3) is 0 Å². The fraction of sp³-hybridized carbons (Fsp3) is 0.625. The highest BCUT2D eigenvalue weighted by molar-refractivity contribution is 5.45. The minimum Gasteiger partial charge on any atom is -0.496 e. The van der Waals surface area contributed by atoms with Crippen LogP contribution in [0.5, 0.6) is 5.75 Å². The van der Waals surface area contributed by atoms with Crippen LogP contribution in [0.15, 0.2) is 12.1 Å². The Morgan fingerprint density at radius 2 is 1.89 bits per heavy atom. The van der Waals surface area contributed by atoms with Crippen LogP contribution in [0.2, 0.25) is 0 Å². The molecule has 0 spiro atoms. The molecule has 0 fully saturated rings. The van der Waals surface area contributed by atoms with Crippen LogP contribution >= 0.6 is 0 Å². The minimum absolute atomic E-state index is 0.295. The van der Waals surface area contributed by atoms with Gasteiger partial charge in [-0.15, -0.1) is 0 Å². The molecule has 0 heterocycles. The van der Waals surface area contributed by atoms with Crippen LogP contribution in [0.1, 0.15) is 36.1 Å². The molecule has 2 unspecified atom stereocenters. The highest BCUT2D eigenvalue weighted by Gasteiger charge is 2.26. The number of benzene rings is 1. The summed E-state index contributed by atoms with van der Waals surface area (Å²) < 4.78 is 5.63. The molecule has 0 saturated carbocycles. The van der Waals surface area contributed by atoms with Crippen LogP contribution in [0.3, 0.4) is 0 Å². The minimum atomic E-state index is 0.295. The Hall–Kier alpha value is -1.06. The summed E-state index contributed by atoms with van der Waals surface area (Å²) >= 11 is 0. The van der Waals surface area contributed by atoms with Gasteiger partial charge in [-0.05, 0) is 46.0 Å². The van der Waals surface area contributed by atoms with Crippen molar-refractivity contribution in [1.82, 2.24) is 4.90 Å². The van der Waals surface area contributed by atoms with Gasteiger partial charge in [-0.25, -0.2) is 0 Å². The van der Waals surface area contributed by atoms with Gasteiger partial charge in [-0.1, -0.05) is 31.0 Å². The van der Waals surface area contributed by atoms with Gasteiger partial charge in [-0.2, -0.15) is 0 Å². The molecule has 19 heavy (non-hydrogen) atoms. The zero-order valence-electron chi connectivity index (χ0n) is 13.2. The first kappa shape index (κ1) is 16.0. The second-order valence-electron chi connectivity index (χ2n) is 5.52. The van der Waals surface area contributed by atoms with Crippen molar-refractivity contribution in [2.24, 2.45) is 11.7 Å².